The van der Waals surface area contributed by atoms with Gasteiger partial charge in [-0.2, -0.15) is 0 Å². The van der Waals surface area contributed by atoms with Crippen molar-refractivity contribution in [1.82, 2.24) is 4.90 Å². The molecule has 1 aliphatic rings. The minimum Gasteiger partial charge on any atom is -0.497 e. The van der Waals surface area contributed by atoms with Crippen molar-refractivity contribution in [1.29, 1.82) is 0 Å². The Bertz CT molecular complexity index is 781. The lowest BCUT2D eigenvalue weighted by molar-refractivity contribution is -0.0364. The van der Waals surface area contributed by atoms with Gasteiger partial charge in [-0.1, -0.05) is 30.3 Å². The number of likely N-dealkylation sites (tertiary alicyclic amines) is 1. The number of carbonyl (C=O) groups is 2. The number of hydrogen-bond acceptors (Lipinski definition) is 5. The van der Waals surface area contributed by atoms with Gasteiger partial charge in [-0.25, -0.2) is 4.79 Å². The average molecular weight is 408 g/mol. The molecule has 152 valence electrons. The van der Waals surface area contributed by atoms with Gasteiger partial charge >= 0.3 is 5.97 Å². The molecule has 0 aromatic heterocycles. The molecule has 0 amide bonds. The first-order valence-corrected chi connectivity index (χ1v) is 8.70. The molecule has 1 heterocycles. The van der Waals surface area contributed by atoms with E-state index in [9.17, 15) is 9.59 Å². The molecule has 1 saturated heterocycles. The molecule has 6 nitrogen and oxygen atoms in total. The van der Waals surface area contributed by atoms with Gasteiger partial charge in [0.25, 0.3) is 0 Å². The van der Waals surface area contributed by atoms with E-state index in [0.717, 1.165) is 13.0 Å². The molecule has 2 aromatic carbocycles. The van der Waals surface area contributed by atoms with Gasteiger partial charge in [-0.15, -0.1) is 12.4 Å². The molecular formula is C21H26ClNO5. The summed E-state index contributed by atoms with van der Waals surface area (Å²) in [4.78, 5) is 28.0. The number of ether oxygens (including phenoxy) is 2. The minimum absolute atomic E-state index is 0. The first kappa shape index (κ1) is 23.6. The Morgan fingerprint density at radius 3 is 2.21 bits per heavy atom. The highest BCUT2D eigenvalue weighted by Crippen LogP contribution is 2.30. The van der Waals surface area contributed by atoms with E-state index in [4.69, 9.17) is 9.47 Å². The number of likely N-dealkylation sites (N-methyl/N-ethyl adjacent to an activating group) is 1. The summed E-state index contributed by atoms with van der Waals surface area (Å²) in [7, 11) is 3.51. The van der Waals surface area contributed by atoms with Crippen molar-refractivity contribution in [3.63, 3.8) is 0 Å². The van der Waals surface area contributed by atoms with Gasteiger partial charge in [0.1, 0.15) is 5.75 Å². The number of ketones is 1. The summed E-state index contributed by atoms with van der Waals surface area (Å²) in [6, 6.07) is 15.7. The van der Waals surface area contributed by atoms with Crippen LogP contribution in [0.5, 0.6) is 5.75 Å². The second-order valence-corrected chi connectivity index (χ2v) is 6.65. The van der Waals surface area contributed by atoms with Crippen molar-refractivity contribution >= 4 is 24.2 Å². The third-order valence-corrected chi connectivity index (χ3v) is 4.71. The van der Waals surface area contributed by atoms with Crippen LogP contribution in [0.15, 0.2) is 54.6 Å². The number of piperidine rings is 1. The molecule has 0 aliphatic carbocycles. The fourth-order valence-corrected chi connectivity index (χ4v) is 3.36. The Labute approximate surface area is 171 Å². The maximum atomic E-state index is 13.2. The molecule has 2 N–H and O–H groups in total. The minimum atomic E-state index is -1.16. The predicted molar refractivity (Wildman–Crippen MR) is 110 cm³/mol. The van der Waals surface area contributed by atoms with Crippen molar-refractivity contribution in [2.24, 2.45) is 0 Å². The number of halogens is 1. The van der Waals surface area contributed by atoms with Gasteiger partial charge in [0.15, 0.2) is 5.60 Å². The van der Waals surface area contributed by atoms with Gasteiger partial charge in [-0.3, -0.25) is 4.79 Å². The highest BCUT2D eigenvalue weighted by atomic mass is 35.5. The van der Waals surface area contributed by atoms with Crippen molar-refractivity contribution < 1.29 is 24.5 Å². The van der Waals surface area contributed by atoms with Crippen LogP contribution in [0.4, 0.5) is 0 Å². The van der Waals surface area contributed by atoms with E-state index < -0.39 is 11.6 Å². The van der Waals surface area contributed by atoms with E-state index >= 15 is 0 Å². The van der Waals surface area contributed by atoms with Crippen LogP contribution >= 0.6 is 12.4 Å². The van der Waals surface area contributed by atoms with Crippen LogP contribution in [0.25, 0.3) is 0 Å². The first-order valence-electron chi connectivity index (χ1n) is 8.70. The fraction of sp³-hybridized carbons (Fsp3) is 0.333. The standard InChI is InChI=1S/C21H23NO4.ClH.H2O/c1-22-14-6-13-21(15-22,19(23)16-7-4-3-5-8-16)26-20(24)17-9-11-18(25-2)12-10-17;;/h3-5,7-12H,6,13-15H2,1-2H3;1H;1H2. The van der Waals surface area contributed by atoms with Crippen LogP contribution in [-0.2, 0) is 4.74 Å². The molecule has 0 radical (unpaired) electrons. The number of carbonyl (C=O) groups excluding carboxylic acids is 2. The molecule has 1 fully saturated rings. The fourth-order valence-electron chi connectivity index (χ4n) is 3.36. The van der Waals surface area contributed by atoms with Crippen LogP contribution < -0.4 is 4.74 Å². The number of benzene rings is 2. The van der Waals surface area contributed by atoms with E-state index in [-0.39, 0.29) is 23.7 Å². The van der Waals surface area contributed by atoms with Crippen LogP contribution in [0.2, 0.25) is 0 Å². The summed E-state index contributed by atoms with van der Waals surface area (Å²) in [5.41, 5.74) is -0.199. The van der Waals surface area contributed by atoms with Gasteiger partial charge in [0.05, 0.1) is 12.7 Å². The van der Waals surface area contributed by atoms with E-state index in [0.29, 0.717) is 29.8 Å². The third kappa shape index (κ3) is 5.10. The van der Waals surface area contributed by atoms with E-state index in [2.05, 4.69) is 0 Å². The van der Waals surface area contributed by atoms with Crippen molar-refractivity contribution in [3.8, 4) is 5.75 Å². The normalized spacial score (nSPS) is 18.9. The zero-order valence-electron chi connectivity index (χ0n) is 16.0. The summed E-state index contributed by atoms with van der Waals surface area (Å²) in [6.45, 7) is 1.27. The van der Waals surface area contributed by atoms with Crippen LogP contribution in [-0.4, -0.2) is 55.0 Å². The molecule has 0 saturated carbocycles. The largest absolute Gasteiger partial charge is 0.497 e. The van der Waals surface area contributed by atoms with E-state index in [1.54, 1.807) is 43.5 Å². The Hall–Kier alpha value is -2.41. The zero-order chi connectivity index (χ0) is 18.6. The van der Waals surface area contributed by atoms with Gasteiger partial charge in [0, 0.05) is 12.1 Å². The smallest absolute Gasteiger partial charge is 0.339 e. The monoisotopic (exact) mass is 407 g/mol. The number of nitrogens with zero attached hydrogens (tertiary/aromatic N) is 1. The van der Waals surface area contributed by atoms with Gasteiger partial charge in [-0.05, 0) is 50.7 Å². The second kappa shape index (κ2) is 10.2. The maximum absolute atomic E-state index is 13.2. The van der Waals surface area contributed by atoms with E-state index in [1.807, 2.05) is 30.1 Å². The lowest BCUT2D eigenvalue weighted by Gasteiger charge is -2.39. The molecule has 7 heteroatoms. The topological polar surface area (TPSA) is 87.3 Å². The molecule has 28 heavy (non-hydrogen) atoms. The molecule has 1 unspecified atom stereocenters. The molecule has 0 spiro atoms. The lowest BCUT2D eigenvalue weighted by atomic mass is 9.85. The average Bonchev–Trinajstić information content (AvgIpc) is 2.68. The first-order chi connectivity index (χ1) is 12.5. The van der Waals surface area contributed by atoms with Crippen molar-refractivity contribution in [3.05, 3.63) is 65.7 Å². The molecule has 3 rings (SSSR count). The molecule has 1 atom stereocenters. The number of Topliss-reactive ketones (excluding diaryl/α,β-unsaturated/α-hetero) is 1. The van der Waals surface area contributed by atoms with Gasteiger partial charge in [0.2, 0.25) is 5.78 Å². The summed E-state index contributed by atoms with van der Waals surface area (Å²) < 4.78 is 11.0. The van der Waals surface area contributed by atoms with Crippen molar-refractivity contribution in [2.45, 2.75) is 18.4 Å². The van der Waals surface area contributed by atoms with Crippen molar-refractivity contribution in [2.75, 3.05) is 27.2 Å². The SMILES string of the molecule is COc1ccc(C(=O)OC2(C(=O)c3ccccc3)CCCN(C)C2)cc1.Cl.O. The quantitative estimate of drug-likeness (QED) is 0.561. The highest BCUT2D eigenvalue weighted by molar-refractivity contribution is 6.04. The maximum Gasteiger partial charge on any atom is 0.339 e. The summed E-state index contributed by atoms with van der Waals surface area (Å²) >= 11 is 0. The Morgan fingerprint density at radius 2 is 1.64 bits per heavy atom. The Balaban J connectivity index is 0.00000196. The van der Waals surface area contributed by atoms with Crippen LogP contribution in [0, 0.1) is 0 Å². The van der Waals surface area contributed by atoms with Gasteiger partial charge < -0.3 is 19.8 Å². The summed E-state index contributed by atoms with van der Waals surface area (Å²) in [5, 5.41) is 0. The van der Waals surface area contributed by atoms with Crippen LogP contribution in [0.3, 0.4) is 0 Å². The van der Waals surface area contributed by atoms with E-state index in [1.165, 1.54) is 0 Å². The number of hydrogen-bond donors (Lipinski definition) is 0. The third-order valence-electron chi connectivity index (χ3n) is 4.71. The Morgan fingerprint density at radius 1 is 1.00 bits per heavy atom. The number of esters is 1. The highest BCUT2D eigenvalue weighted by Gasteiger charge is 2.45. The second-order valence-electron chi connectivity index (χ2n) is 6.65. The molecule has 1 aliphatic heterocycles. The molecular weight excluding hydrogens is 382 g/mol. The predicted octanol–water partition coefficient (Wildman–Crippen LogP) is 2.80. The lowest BCUT2D eigenvalue weighted by Crippen LogP contribution is -2.54. The molecule has 0 bridgehead atoms. The summed E-state index contributed by atoms with van der Waals surface area (Å²) in [6.07, 6.45) is 1.32. The number of methoxy groups -OCH3 is 1. The Kier molecular flexibility index (Phi) is 8.63. The van der Waals surface area contributed by atoms with Crippen LogP contribution in [0.1, 0.15) is 33.6 Å². The molecule has 2 aromatic rings. The zero-order valence-corrected chi connectivity index (χ0v) is 16.8. The number of rotatable bonds is 5. The summed E-state index contributed by atoms with van der Waals surface area (Å²) in [5.74, 6) is 0.0211.